The van der Waals surface area contributed by atoms with Crippen molar-refractivity contribution >= 4 is 5.69 Å². The van der Waals surface area contributed by atoms with E-state index in [9.17, 15) is 0 Å². The summed E-state index contributed by atoms with van der Waals surface area (Å²) in [7, 11) is 0. The van der Waals surface area contributed by atoms with Gasteiger partial charge in [0.1, 0.15) is 5.82 Å². The molecule has 3 rings (SSSR count). The molecule has 106 valence electrons. The molecule has 0 bridgehead atoms. The number of nitrogens with zero attached hydrogens (tertiary/aromatic N) is 2. The molecule has 0 radical (unpaired) electrons. The van der Waals surface area contributed by atoms with Gasteiger partial charge in [0.05, 0.1) is 0 Å². The van der Waals surface area contributed by atoms with Crippen LogP contribution in [0.3, 0.4) is 0 Å². The fourth-order valence-electron chi connectivity index (χ4n) is 2.98. The van der Waals surface area contributed by atoms with E-state index in [1.807, 2.05) is 18.2 Å². The molecule has 1 aliphatic carbocycles. The van der Waals surface area contributed by atoms with E-state index in [0.29, 0.717) is 5.92 Å². The number of benzene rings is 1. The Hall–Kier alpha value is -1.84. The molecule has 1 aliphatic rings. The fraction of sp³-hybridized carbons (Fsp3) is 0.500. The van der Waals surface area contributed by atoms with Gasteiger partial charge in [0.25, 0.3) is 0 Å². The quantitative estimate of drug-likeness (QED) is 0.838. The largest absolute Gasteiger partial charge is 0.399 e. The van der Waals surface area contributed by atoms with Crippen molar-refractivity contribution in [3.63, 3.8) is 0 Å². The number of para-hydroxylation sites is 1. The number of aryl methyl sites for hydroxylation is 2. The number of H-pyrrole nitrogens is 1. The van der Waals surface area contributed by atoms with Crippen LogP contribution < -0.4 is 5.73 Å². The van der Waals surface area contributed by atoms with Crippen LogP contribution in [0, 0.1) is 0 Å². The normalized spacial score (nSPS) is 16.4. The van der Waals surface area contributed by atoms with Crippen molar-refractivity contribution in [2.75, 3.05) is 5.73 Å². The Bertz CT molecular complexity index is 555. The molecule has 1 saturated carbocycles. The van der Waals surface area contributed by atoms with Gasteiger partial charge in [0, 0.05) is 18.0 Å². The second-order valence-electron chi connectivity index (χ2n) is 5.67. The number of rotatable bonds is 4. The number of aromatic amines is 1. The van der Waals surface area contributed by atoms with Gasteiger partial charge in [-0.2, -0.15) is 5.10 Å². The standard InChI is InChI=1S/C16H22N4/c17-14-9-5-4-6-12(14)10-11-15-18-16(20-19-15)13-7-2-1-3-8-13/h4-6,9,13H,1-3,7-8,10-11,17H2,(H,18,19,20). The van der Waals surface area contributed by atoms with Crippen LogP contribution in [0.2, 0.25) is 0 Å². The van der Waals surface area contributed by atoms with Crippen LogP contribution in [0.4, 0.5) is 5.69 Å². The first-order chi connectivity index (χ1) is 9.83. The summed E-state index contributed by atoms with van der Waals surface area (Å²) in [5, 5.41) is 7.50. The van der Waals surface area contributed by atoms with Crippen molar-refractivity contribution in [2.24, 2.45) is 0 Å². The highest BCUT2D eigenvalue weighted by molar-refractivity contribution is 5.46. The van der Waals surface area contributed by atoms with E-state index in [4.69, 9.17) is 5.73 Å². The lowest BCUT2D eigenvalue weighted by Crippen LogP contribution is -2.06. The predicted octanol–water partition coefficient (Wildman–Crippen LogP) is 3.22. The SMILES string of the molecule is Nc1ccccc1CCc1nc(C2CCCCC2)n[nH]1. The molecule has 0 spiro atoms. The molecule has 1 aromatic carbocycles. The van der Waals surface area contributed by atoms with Crippen molar-refractivity contribution in [1.29, 1.82) is 0 Å². The summed E-state index contributed by atoms with van der Waals surface area (Å²) in [5.74, 6) is 2.56. The van der Waals surface area contributed by atoms with Crippen LogP contribution in [-0.4, -0.2) is 15.2 Å². The van der Waals surface area contributed by atoms with Crippen LogP contribution in [0.5, 0.6) is 0 Å². The Morgan fingerprint density at radius 2 is 1.90 bits per heavy atom. The van der Waals surface area contributed by atoms with Gasteiger partial charge in [0.2, 0.25) is 0 Å². The van der Waals surface area contributed by atoms with E-state index < -0.39 is 0 Å². The molecule has 0 saturated heterocycles. The van der Waals surface area contributed by atoms with Crippen LogP contribution in [0.15, 0.2) is 24.3 Å². The molecule has 1 heterocycles. The topological polar surface area (TPSA) is 67.6 Å². The Labute approximate surface area is 119 Å². The van der Waals surface area contributed by atoms with Crippen molar-refractivity contribution in [2.45, 2.75) is 50.9 Å². The molecule has 0 unspecified atom stereocenters. The average Bonchev–Trinajstić information content (AvgIpc) is 2.96. The third-order valence-electron chi connectivity index (χ3n) is 4.21. The average molecular weight is 270 g/mol. The van der Waals surface area contributed by atoms with Gasteiger partial charge in [-0.3, -0.25) is 5.10 Å². The lowest BCUT2D eigenvalue weighted by Gasteiger charge is -2.18. The van der Waals surface area contributed by atoms with E-state index in [2.05, 4.69) is 21.2 Å². The molecule has 20 heavy (non-hydrogen) atoms. The molecule has 2 aromatic rings. The summed E-state index contributed by atoms with van der Waals surface area (Å²) in [4.78, 5) is 4.67. The van der Waals surface area contributed by atoms with E-state index in [1.54, 1.807) is 0 Å². The van der Waals surface area contributed by atoms with Crippen LogP contribution >= 0.6 is 0 Å². The minimum absolute atomic E-state index is 0.565. The second-order valence-corrected chi connectivity index (χ2v) is 5.67. The lowest BCUT2D eigenvalue weighted by molar-refractivity contribution is 0.429. The fourth-order valence-corrected chi connectivity index (χ4v) is 2.98. The minimum atomic E-state index is 0.565. The van der Waals surface area contributed by atoms with E-state index in [1.165, 1.54) is 37.7 Å². The minimum Gasteiger partial charge on any atom is -0.399 e. The molecule has 1 fully saturated rings. The summed E-state index contributed by atoms with van der Waals surface area (Å²) in [6, 6.07) is 8.02. The molecule has 0 amide bonds. The third-order valence-corrected chi connectivity index (χ3v) is 4.21. The first kappa shape index (κ1) is 13.2. The van der Waals surface area contributed by atoms with Crippen LogP contribution in [0.25, 0.3) is 0 Å². The molecular formula is C16H22N4. The molecule has 4 heteroatoms. The zero-order valence-electron chi connectivity index (χ0n) is 11.8. The Balaban J connectivity index is 1.61. The van der Waals surface area contributed by atoms with Gasteiger partial charge in [0.15, 0.2) is 5.82 Å². The van der Waals surface area contributed by atoms with Crippen molar-refractivity contribution < 1.29 is 0 Å². The highest BCUT2D eigenvalue weighted by atomic mass is 15.2. The van der Waals surface area contributed by atoms with Crippen LogP contribution in [-0.2, 0) is 12.8 Å². The van der Waals surface area contributed by atoms with Gasteiger partial charge in [-0.1, -0.05) is 37.5 Å². The Kier molecular flexibility index (Phi) is 4.00. The highest BCUT2D eigenvalue weighted by Gasteiger charge is 2.19. The van der Waals surface area contributed by atoms with Gasteiger partial charge in [-0.25, -0.2) is 4.98 Å². The monoisotopic (exact) mass is 270 g/mol. The number of aromatic nitrogens is 3. The zero-order valence-corrected chi connectivity index (χ0v) is 11.8. The maximum atomic E-state index is 5.96. The molecule has 4 nitrogen and oxygen atoms in total. The lowest BCUT2D eigenvalue weighted by atomic mass is 9.89. The predicted molar refractivity (Wildman–Crippen MR) is 80.5 cm³/mol. The third kappa shape index (κ3) is 3.00. The number of hydrogen-bond acceptors (Lipinski definition) is 3. The first-order valence-electron chi connectivity index (χ1n) is 7.57. The smallest absolute Gasteiger partial charge is 0.153 e. The number of hydrogen-bond donors (Lipinski definition) is 2. The molecule has 0 atom stereocenters. The summed E-state index contributed by atoms with van der Waals surface area (Å²) in [6.45, 7) is 0. The molecule has 0 aliphatic heterocycles. The summed E-state index contributed by atoms with van der Waals surface area (Å²) >= 11 is 0. The number of anilines is 1. The molecule has 1 aromatic heterocycles. The van der Waals surface area contributed by atoms with Gasteiger partial charge in [-0.15, -0.1) is 0 Å². The Morgan fingerprint density at radius 3 is 2.70 bits per heavy atom. The molecule has 3 N–H and O–H groups in total. The van der Waals surface area contributed by atoms with E-state index in [0.717, 1.165) is 30.2 Å². The summed E-state index contributed by atoms with van der Waals surface area (Å²) in [5.41, 5.74) is 8.00. The maximum absolute atomic E-state index is 5.96. The van der Waals surface area contributed by atoms with Crippen LogP contribution in [0.1, 0.15) is 55.2 Å². The zero-order chi connectivity index (χ0) is 13.8. The van der Waals surface area contributed by atoms with Crippen molar-refractivity contribution in [3.8, 4) is 0 Å². The van der Waals surface area contributed by atoms with E-state index in [-0.39, 0.29) is 0 Å². The first-order valence-corrected chi connectivity index (χ1v) is 7.57. The van der Waals surface area contributed by atoms with Gasteiger partial charge in [-0.05, 0) is 30.9 Å². The number of nitrogens with one attached hydrogen (secondary N) is 1. The number of nitrogens with two attached hydrogens (primary N) is 1. The van der Waals surface area contributed by atoms with Crippen molar-refractivity contribution in [3.05, 3.63) is 41.5 Å². The van der Waals surface area contributed by atoms with Gasteiger partial charge < -0.3 is 5.73 Å². The summed E-state index contributed by atoms with van der Waals surface area (Å²) < 4.78 is 0. The Morgan fingerprint density at radius 1 is 1.10 bits per heavy atom. The maximum Gasteiger partial charge on any atom is 0.153 e. The second kappa shape index (κ2) is 6.07. The van der Waals surface area contributed by atoms with E-state index >= 15 is 0 Å². The number of nitrogen functional groups attached to an aromatic ring is 1. The summed E-state index contributed by atoms with van der Waals surface area (Å²) in [6.07, 6.45) is 8.25. The van der Waals surface area contributed by atoms with Gasteiger partial charge >= 0.3 is 0 Å². The molecular weight excluding hydrogens is 248 g/mol. The van der Waals surface area contributed by atoms with Crippen molar-refractivity contribution in [1.82, 2.24) is 15.2 Å². The highest BCUT2D eigenvalue weighted by Crippen LogP contribution is 2.30.